The predicted octanol–water partition coefficient (Wildman–Crippen LogP) is 1.98. The highest BCUT2D eigenvalue weighted by Crippen LogP contribution is 2.26. The van der Waals surface area contributed by atoms with Crippen LogP contribution < -0.4 is 0 Å². The van der Waals surface area contributed by atoms with Gasteiger partial charge in [0.2, 0.25) is 0 Å². The third kappa shape index (κ3) is 2.50. The average Bonchev–Trinajstić information content (AvgIpc) is 3.04. The zero-order valence-corrected chi connectivity index (χ0v) is 10.5. The van der Waals surface area contributed by atoms with Crippen LogP contribution in [0.3, 0.4) is 0 Å². The van der Waals surface area contributed by atoms with E-state index in [0.717, 1.165) is 18.4 Å². The van der Waals surface area contributed by atoms with Crippen LogP contribution in [0.1, 0.15) is 29.8 Å². The molecule has 98 valence electrons. The standard InChI is InChI=1S/C14H15N3O2/c18-13(19)7-6-12-15-14(17-16-12)11-5-4-9-2-1-3-10(9)8-11/h4-5,8H,1-3,6-7H2,(H,18,19)(H,15,16,17). The fourth-order valence-corrected chi connectivity index (χ4v) is 2.47. The van der Waals surface area contributed by atoms with E-state index in [4.69, 9.17) is 5.11 Å². The van der Waals surface area contributed by atoms with Gasteiger partial charge in [-0.05, 0) is 36.5 Å². The number of aliphatic carboxylic acids is 1. The van der Waals surface area contributed by atoms with Crippen molar-refractivity contribution in [3.8, 4) is 11.4 Å². The van der Waals surface area contributed by atoms with Crippen LogP contribution in [0.25, 0.3) is 11.4 Å². The molecule has 5 heteroatoms. The quantitative estimate of drug-likeness (QED) is 0.877. The molecule has 1 aromatic heterocycles. The van der Waals surface area contributed by atoms with Crippen molar-refractivity contribution in [2.24, 2.45) is 0 Å². The number of aromatic nitrogens is 3. The molecule has 2 N–H and O–H groups in total. The van der Waals surface area contributed by atoms with Gasteiger partial charge in [0.25, 0.3) is 0 Å². The summed E-state index contributed by atoms with van der Waals surface area (Å²) in [5, 5.41) is 15.6. The molecule has 2 aromatic rings. The number of carboxylic acids is 1. The number of hydrogen-bond donors (Lipinski definition) is 2. The van der Waals surface area contributed by atoms with E-state index in [-0.39, 0.29) is 6.42 Å². The minimum absolute atomic E-state index is 0.0683. The number of aryl methyl sites for hydroxylation is 3. The molecule has 0 unspecified atom stereocenters. The van der Waals surface area contributed by atoms with Crippen LogP contribution in [0.2, 0.25) is 0 Å². The van der Waals surface area contributed by atoms with Crippen molar-refractivity contribution >= 4 is 5.97 Å². The predicted molar refractivity (Wildman–Crippen MR) is 69.8 cm³/mol. The van der Waals surface area contributed by atoms with E-state index in [0.29, 0.717) is 18.1 Å². The SMILES string of the molecule is O=C(O)CCc1nc(-c2ccc3c(c2)CCC3)n[nH]1. The molecule has 1 aromatic carbocycles. The van der Waals surface area contributed by atoms with Gasteiger partial charge in [0.05, 0.1) is 6.42 Å². The van der Waals surface area contributed by atoms with Gasteiger partial charge in [0.15, 0.2) is 5.82 Å². The van der Waals surface area contributed by atoms with Crippen LogP contribution in [0.4, 0.5) is 0 Å². The first kappa shape index (κ1) is 11.9. The van der Waals surface area contributed by atoms with Gasteiger partial charge in [-0.2, -0.15) is 5.10 Å². The molecule has 0 aliphatic heterocycles. The number of nitrogens with one attached hydrogen (secondary N) is 1. The highest BCUT2D eigenvalue weighted by Gasteiger charge is 2.13. The molecule has 0 spiro atoms. The number of carboxylic acid groups (broad SMARTS) is 1. The molecule has 0 amide bonds. The van der Waals surface area contributed by atoms with Gasteiger partial charge in [-0.25, -0.2) is 4.98 Å². The van der Waals surface area contributed by atoms with E-state index >= 15 is 0 Å². The third-order valence-corrected chi connectivity index (χ3v) is 3.46. The summed E-state index contributed by atoms with van der Waals surface area (Å²) in [5.74, 6) is 0.448. The van der Waals surface area contributed by atoms with Crippen LogP contribution in [0.5, 0.6) is 0 Å². The first-order valence-corrected chi connectivity index (χ1v) is 6.47. The van der Waals surface area contributed by atoms with E-state index in [1.54, 1.807) is 0 Å². The molecule has 19 heavy (non-hydrogen) atoms. The summed E-state index contributed by atoms with van der Waals surface area (Å²) in [7, 11) is 0. The molecule has 0 bridgehead atoms. The van der Waals surface area contributed by atoms with Crippen molar-refractivity contribution in [1.29, 1.82) is 0 Å². The summed E-state index contributed by atoms with van der Waals surface area (Å²) >= 11 is 0. The van der Waals surface area contributed by atoms with Crippen LogP contribution in [0, 0.1) is 0 Å². The topological polar surface area (TPSA) is 78.9 Å². The number of carbonyl (C=O) groups is 1. The number of benzene rings is 1. The van der Waals surface area contributed by atoms with Gasteiger partial charge in [0.1, 0.15) is 5.82 Å². The lowest BCUT2D eigenvalue weighted by Gasteiger charge is -2.00. The number of hydrogen-bond acceptors (Lipinski definition) is 3. The second-order valence-electron chi connectivity index (χ2n) is 4.84. The second kappa shape index (κ2) is 4.84. The number of fused-ring (bicyclic) bond motifs is 1. The van der Waals surface area contributed by atoms with E-state index in [1.807, 2.05) is 6.07 Å². The van der Waals surface area contributed by atoms with Crippen molar-refractivity contribution in [2.75, 3.05) is 0 Å². The van der Waals surface area contributed by atoms with E-state index in [1.165, 1.54) is 17.5 Å². The fraction of sp³-hybridized carbons (Fsp3) is 0.357. The van der Waals surface area contributed by atoms with Crippen LogP contribution in [-0.2, 0) is 24.1 Å². The second-order valence-corrected chi connectivity index (χ2v) is 4.84. The summed E-state index contributed by atoms with van der Waals surface area (Å²) in [6.07, 6.45) is 3.95. The fourth-order valence-electron chi connectivity index (χ4n) is 2.47. The Bertz CT molecular complexity index is 619. The maximum atomic E-state index is 10.5. The van der Waals surface area contributed by atoms with Gasteiger partial charge < -0.3 is 5.11 Å². The summed E-state index contributed by atoms with van der Waals surface area (Å²) in [5.41, 5.74) is 3.80. The number of aromatic amines is 1. The Hall–Kier alpha value is -2.17. The van der Waals surface area contributed by atoms with Crippen molar-refractivity contribution in [1.82, 2.24) is 15.2 Å². The van der Waals surface area contributed by atoms with Gasteiger partial charge >= 0.3 is 5.97 Å². The zero-order valence-electron chi connectivity index (χ0n) is 10.5. The summed E-state index contributed by atoms with van der Waals surface area (Å²) in [4.78, 5) is 14.9. The maximum Gasteiger partial charge on any atom is 0.303 e. The third-order valence-electron chi connectivity index (χ3n) is 3.46. The molecule has 0 atom stereocenters. The number of rotatable bonds is 4. The largest absolute Gasteiger partial charge is 0.481 e. The summed E-state index contributed by atoms with van der Waals surface area (Å²) in [6, 6.07) is 6.33. The Morgan fingerprint density at radius 2 is 2.16 bits per heavy atom. The van der Waals surface area contributed by atoms with Crippen LogP contribution >= 0.6 is 0 Å². The first-order chi connectivity index (χ1) is 9.22. The molecule has 1 aliphatic carbocycles. The molecule has 5 nitrogen and oxygen atoms in total. The van der Waals surface area contributed by atoms with Gasteiger partial charge in [0, 0.05) is 12.0 Å². The molecule has 0 saturated heterocycles. The molecule has 3 rings (SSSR count). The lowest BCUT2D eigenvalue weighted by Crippen LogP contribution is -1.98. The van der Waals surface area contributed by atoms with Gasteiger partial charge in [-0.3, -0.25) is 9.89 Å². The van der Waals surface area contributed by atoms with Gasteiger partial charge in [-0.1, -0.05) is 12.1 Å². The zero-order chi connectivity index (χ0) is 13.2. The monoisotopic (exact) mass is 257 g/mol. The Labute approximate surface area is 110 Å². The molecule has 0 saturated carbocycles. The van der Waals surface area contributed by atoms with E-state index < -0.39 is 5.97 Å². The van der Waals surface area contributed by atoms with Crippen molar-refractivity contribution < 1.29 is 9.90 Å². The van der Waals surface area contributed by atoms with Crippen molar-refractivity contribution in [3.63, 3.8) is 0 Å². The molecular weight excluding hydrogens is 242 g/mol. The Morgan fingerprint density at radius 1 is 1.32 bits per heavy atom. The van der Waals surface area contributed by atoms with E-state index in [9.17, 15) is 4.79 Å². The lowest BCUT2D eigenvalue weighted by atomic mass is 10.1. The van der Waals surface area contributed by atoms with Crippen LogP contribution in [0.15, 0.2) is 18.2 Å². The Kier molecular flexibility index (Phi) is 3.03. The summed E-state index contributed by atoms with van der Waals surface area (Å²) < 4.78 is 0. The highest BCUT2D eigenvalue weighted by atomic mass is 16.4. The van der Waals surface area contributed by atoms with Crippen LogP contribution in [-0.4, -0.2) is 26.3 Å². The summed E-state index contributed by atoms with van der Waals surface area (Å²) in [6.45, 7) is 0. The van der Waals surface area contributed by atoms with Crippen molar-refractivity contribution in [2.45, 2.75) is 32.1 Å². The van der Waals surface area contributed by atoms with Crippen molar-refractivity contribution in [3.05, 3.63) is 35.2 Å². The Morgan fingerprint density at radius 3 is 3.00 bits per heavy atom. The number of nitrogens with zero attached hydrogens (tertiary/aromatic N) is 2. The van der Waals surface area contributed by atoms with Gasteiger partial charge in [-0.15, -0.1) is 0 Å². The molecule has 1 heterocycles. The molecule has 0 radical (unpaired) electrons. The van der Waals surface area contributed by atoms with E-state index in [2.05, 4.69) is 27.3 Å². The first-order valence-electron chi connectivity index (χ1n) is 6.47. The highest BCUT2D eigenvalue weighted by molar-refractivity contribution is 5.67. The minimum Gasteiger partial charge on any atom is -0.481 e. The smallest absolute Gasteiger partial charge is 0.303 e. The normalized spacial score (nSPS) is 13.5. The molecule has 1 aliphatic rings. The number of H-pyrrole nitrogens is 1. The lowest BCUT2D eigenvalue weighted by molar-refractivity contribution is -0.137. The molecule has 0 fully saturated rings. The minimum atomic E-state index is -0.824. The molecular formula is C14H15N3O2. The Balaban J connectivity index is 1.80. The average molecular weight is 257 g/mol. The maximum absolute atomic E-state index is 10.5.